The standard InChI is InChI=1S/C6H10O.S/c1-3-5-7-6-4-2;/h3-4H,1-2,5-6H2;. The van der Waals surface area contributed by atoms with E-state index in [1.807, 2.05) is 0 Å². The van der Waals surface area contributed by atoms with Gasteiger partial charge < -0.3 is 4.74 Å². The molecule has 0 saturated carbocycles. The Labute approximate surface area is 57.5 Å². The molecule has 2 heteroatoms. The second-order valence-electron chi connectivity index (χ2n) is 1.11. The van der Waals surface area contributed by atoms with Crippen LogP contribution in [-0.2, 0) is 4.74 Å². The molecule has 0 aliphatic heterocycles. The maximum atomic E-state index is 4.90. The highest BCUT2D eigenvalue weighted by Gasteiger charge is 1.70. The van der Waals surface area contributed by atoms with Gasteiger partial charge in [0, 0.05) is 13.5 Å². The quantitative estimate of drug-likeness (QED) is 0.418. The normalized spacial score (nSPS) is 7.00. The van der Waals surface area contributed by atoms with Crippen LogP contribution in [0.25, 0.3) is 0 Å². The van der Waals surface area contributed by atoms with E-state index in [4.69, 9.17) is 4.74 Å². The molecule has 8 heavy (non-hydrogen) atoms. The van der Waals surface area contributed by atoms with Gasteiger partial charge in [-0.05, 0) is 0 Å². The van der Waals surface area contributed by atoms with Crippen LogP contribution in [0, 0.1) is 0 Å². The first-order chi connectivity index (χ1) is 3.41. The predicted octanol–water partition coefficient (Wildman–Crippen LogP) is 2.02. The van der Waals surface area contributed by atoms with E-state index in [-0.39, 0.29) is 13.5 Å². The van der Waals surface area contributed by atoms with Crippen LogP contribution in [0.1, 0.15) is 0 Å². The second-order valence-corrected chi connectivity index (χ2v) is 1.11. The maximum absolute atomic E-state index is 4.90. The van der Waals surface area contributed by atoms with Crippen molar-refractivity contribution >= 4 is 13.5 Å². The molecule has 0 aliphatic carbocycles. The van der Waals surface area contributed by atoms with Gasteiger partial charge in [0.1, 0.15) is 0 Å². The molecule has 0 aromatic rings. The van der Waals surface area contributed by atoms with Crippen molar-refractivity contribution < 1.29 is 4.74 Å². The fraction of sp³-hybridized carbons (Fsp3) is 0.333. The average Bonchev–Trinajstić information content (AvgIpc) is 1.69. The summed E-state index contributed by atoms with van der Waals surface area (Å²) in [6.07, 6.45) is 3.42. The van der Waals surface area contributed by atoms with E-state index in [1.54, 1.807) is 12.2 Å². The van der Waals surface area contributed by atoms with E-state index < -0.39 is 0 Å². The molecule has 0 saturated heterocycles. The smallest absolute Gasteiger partial charge is 0.0649 e. The van der Waals surface area contributed by atoms with Crippen LogP contribution in [0.3, 0.4) is 0 Å². The highest BCUT2D eigenvalue weighted by atomic mass is 32.1. The molecule has 0 bridgehead atoms. The molecule has 0 heterocycles. The SMILES string of the molecule is C=CCOCC=C.[S]. The molecule has 0 aliphatic rings. The fourth-order valence-electron chi connectivity index (χ4n) is 0.235. The van der Waals surface area contributed by atoms with Crippen molar-refractivity contribution in [2.75, 3.05) is 13.2 Å². The monoisotopic (exact) mass is 130 g/mol. The van der Waals surface area contributed by atoms with E-state index in [0.29, 0.717) is 13.2 Å². The zero-order valence-electron chi connectivity index (χ0n) is 4.80. The molecule has 0 aromatic heterocycles. The van der Waals surface area contributed by atoms with Gasteiger partial charge in [0.05, 0.1) is 13.2 Å². The summed E-state index contributed by atoms with van der Waals surface area (Å²) in [6.45, 7) is 8.18. The summed E-state index contributed by atoms with van der Waals surface area (Å²) in [7, 11) is 0. The number of hydrogen-bond donors (Lipinski definition) is 0. The van der Waals surface area contributed by atoms with Crippen molar-refractivity contribution in [2.45, 2.75) is 0 Å². The van der Waals surface area contributed by atoms with Crippen LogP contribution in [0.4, 0.5) is 0 Å². The average molecular weight is 130 g/mol. The molecule has 0 amide bonds. The van der Waals surface area contributed by atoms with Gasteiger partial charge in [-0.1, -0.05) is 12.2 Å². The third kappa shape index (κ3) is 9.25. The lowest BCUT2D eigenvalue weighted by Gasteiger charge is -1.89. The van der Waals surface area contributed by atoms with Crippen LogP contribution in [0.5, 0.6) is 0 Å². The Morgan fingerprint density at radius 3 is 1.75 bits per heavy atom. The minimum absolute atomic E-state index is 0. The molecular weight excluding hydrogens is 120 g/mol. The summed E-state index contributed by atoms with van der Waals surface area (Å²) in [5.74, 6) is 0. The minimum atomic E-state index is 0. The van der Waals surface area contributed by atoms with Crippen LogP contribution >= 0.6 is 13.5 Å². The highest BCUT2D eigenvalue weighted by molar-refractivity contribution is 7.59. The third-order valence-corrected chi connectivity index (χ3v) is 0.471. The molecule has 2 radical (unpaired) electrons. The lowest BCUT2D eigenvalue weighted by molar-refractivity contribution is 0.194. The Morgan fingerprint density at radius 1 is 1.12 bits per heavy atom. The van der Waals surface area contributed by atoms with Gasteiger partial charge in [0.15, 0.2) is 0 Å². The summed E-state index contributed by atoms with van der Waals surface area (Å²) in [5, 5.41) is 0. The van der Waals surface area contributed by atoms with Gasteiger partial charge in [0.2, 0.25) is 0 Å². The minimum Gasteiger partial charge on any atom is -0.373 e. The van der Waals surface area contributed by atoms with Crippen LogP contribution < -0.4 is 0 Å². The summed E-state index contributed by atoms with van der Waals surface area (Å²) >= 11 is 0. The van der Waals surface area contributed by atoms with E-state index in [9.17, 15) is 0 Å². The molecule has 1 nitrogen and oxygen atoms in total. The zero-order chi connectivity index (χ0) is 5.54. The summed E-state index contributed by atoms with van der Waals surface area (Å²) in [5.41, 5.74) is 0. The molecule has 0 spiro atoms. The molecule has 46 valence electrons. The lowest BCUT2D eigenvalue weighted by atomic mass is 10.6. The number of rotatable bonds is 4. The van der Waals surface area contributed by atoms with E-state index in [0.717, 1.165) is 0 Å². The first kappa shape index (κ1) is 10.7. The Morgan fingerprint density at radius 2 is 1.50 bits per heavy atom. The summed E-state index contributed by atoms with van der Waals surface area (Å²) in [4.78, 5) is 0. The fourth-order valence-corrected chi connectivity index (χ4v) is 0.235. The lowest BCUT2D eigenvalue weighted by Crippen LogP contribution is -1.87. The predicted molar refractivity (Wildman–Crippen MR) is 38.8 cm³/mol. The van der Waals surface area contributed by atoms with Crippen molar-refractivity contribution in [1.29, 1.82) is 0 Å². The molecule has 0 atom stereocenters. The molecule has 0 fully saturated rings. The molecule has 0 unspecified atom stereocenters. The first-order valence-electron chi connectivity index (χ1n) is 2.21. The van der Waals surface area contributed by atoms with Crippen LogP contribution in [-0.4, -0.2) is 13.2 Å². The largest absolute Gasteiger partial charge is 0.373 e. The molecular formula is C6H10OS. The molecule has 0 rings (SSSR count). The van der Waals surface area contributed by atoms with Crippen LogP contribution in [0.15, 0.2) is 25.3 Å². The first-order valence-corrected chi connectivity index (χ1v) is 2.21. The van der Waals surface area contributed by atoms with Gasteiger partial charge in [0.25, 0.3) is 0 Å². The Kier molecular flexibility index (Phi) is 13.3. The van der Waals surface area contributed by atoms with E-state index >= 15 is 0 Å². The van der Waals surface area contributed by atoms with Crippen LogP contribution in [0.2, 0.25) is 0 Å². The van der Waals surface area contributed by atoms with Crippen molar-refractivity contribution in [3.8, 4) is 0 Å². The Bertz CT molecular complexity index is 53.5. The number of hydrogen-bond acceptors (Lipinski definition) is 1. The highest BCUT2D eigenvalue weighted by Crippen LogP contribution is 1.72. The van der Waals surface area contributed by atoms with Gasteiger partial charge >= 0.3 is 0 Å². The zero-order valence-corrected chi connectivity index (χ0v) is 5.62. The van der Waals surface area contributed by atoms with Gasteiger partial charge in [-0.25, -0.2) is 0 Å². The van der Waals surface area contributed by atoms with Crippen molar-refractivity contribution in [3.05, 3.63) is 25.3 Å². The Balaban J connectivity index is 0. The van der Waals surface area contributed by atoms with E-state index in [2.05, 4.69) is 13.2 Å². The van der Waals surface area contributed by atoms with Gasteiger partial charge in [-0.3, -0.25) is 0 Å². The van der Waals surface area contributed by atoms with Gasteiger partial charge in [-0.15, -0.1) is 13.2 Å². The third-order valence-electron chi connectivity index (χ3n) is 0.471. The maximum Gasteiger partial charge on any atom is 0.0649 e. The molecule has 0 N–H and O–H groups in total. The Hall–Kier alpha value is -0.210. The second kappa shape index (κ2) is 9.92. The topological polar surface area (TPSA) is 9.23 Å². The van der Waals surface area contributed by atoms with E-state index in [1.165, 1.54) is 0 Å². The summed E-state index contributed by atoms with van der Waals surface area (Å²) in [6, 6.07) is 0. The van der Waals surface area contributed by atoms with Crippen molar-refractivity contribution in [2.24, 2.45) is 0 Å². The van der Waals surface area contributed by atoms with Crippen molar-refractivity contribution in [3.63, 3.8) is 0 Å². The molecule has 0 aromatic carbocycles. The summed E-state index contributed by atoms with van der Waals surface area (Å²) < 4.78 is 4.90. The number of ether oxygens (including phenoxy) is 1. The van der Waals surface area contributed by atoms with Crippen molar-refractivity contribution in [1.82, 2.24) is 0 Å². The van der Waals surface area contributed by atoms with Gasteiger partial charge in [-0.2, -0.15) is 0 Å².